The summed E-state index contributed by atoms with van der Waals surface area (Å²) < 4.78 is 27.9. The molecule has 3 aromatic rings. The lowest BCUT2D eigenvalue weighted by Crippen LogP contribution is -2.39. The molecule has 1 amide bonds. The fourth-order valence-electron chi connectivity index (χ4n) is 3.29. The number of rotatable bonds is 2. The number of carbonyl (C=O) groups excluding carboxylic acids is 1. The third-order valence-corrected chi connectivity index (χ3v) is 5.68. The number of carbonyl (C=O) groups is 1. The molecule has 1 aromatic heterocycles. The van der Waals surface area contributed by atoms with E-state index in [0.717, 1.165) is 46.3 Å². The smallest absolute Gasteiger partial charge is 0.254 e. The summed E-state index contributed by atoms with van der Waals surface area (Å²) in [7, 11) is 0. The van der Waals surface area contributed by atoms with Gasteiger partial charge in [-0.25, -0.2) is 13.8 Å². The summed E-state index contributed by atoms with van der Waals surface area (Å²) in [6, 6.07) is 10.9. The van der Waals surface area contributed by atoms with Gasteiger partial charge in [0.25, 0.3) is 5.91 Å². The van der Waals surface area contributed by atoms with Gasteiger partial charge in [-0.3, -0.25) is 4.79 Å². The summed E-state index contributed by atoms with van der Waals surface area (Å²) in [6.45, 7) is 1.12. The van der Waals surface area contributed by atoms with Crippen molar-refractivity contribution in [2.45, 2.75) is 18.8 Å². The Kier molecular flexibility index (Phi) is 4.21. The van der Waals surface area contributed by atoms with Crippen molar-refractivity contribution in [3.63, 3.8) is 0 Å². The van der Waals surface area contributed by atoms with E-state index in [-0.39, 0.29) is 17.4 Å². The van der Waals surface area contributed by atoms with Gasteiger partial charge >= 0.3 is 0 Å². The molecule has 1 unspecified atom stereocenters. The molecule has 4 rings (SSSR count). The fraction of sp³-hybridized carbons (Fsp3) is 0.263. The average molecular weight is 358 g/mol. The van der Waals surface area contributed by atoms with Crippen LogP contribution < -0.4 is 0 Å². The summed E-state index contributed by atoms with van der Waals surface area (Å²) in [5.74, 6) is -1.64. The Balaban J connectivity index is 1.57. The Labute approximate surface area is 147 Å². The summed E-state index contributed by atoms with van der Waals surface area (Å²) in [5, 5.41) is 1.02. The molecule has 1 aliphatic heterocycles. The van der Waals surface area contributed by atoms with Crippen molar-refractivity contribution in [2.24, 2.45) is 0 Å². The lowest BCUT2D eigenvalue weighted by Gasteiger charge is -2.32. The maximum Gasteiger partial charge on any atom is 0.254 e. The van der Waals surface area contributed by atoms with Gasteiger partial charge in [0, 0.05) is 30.6 Å². The van der Waals surface area contributed by atoms with Gasteiger partial charge < -0.3 is 4.90 Å². The van der Waals surface area contributed by atoms with Crippen molar-refractivity contribution in [2.75, 3.05) is 13.1 Å². The highest BCUT2D eigenvalue weighted by Gasteiger charge is 2.28. The number of para-hydroxylation sites is 1. The van der Waals surface area contributed by atoms with Crippen molar-refractivity contribution in [3.8, 4) is 0 Å². The zero-order valence-corrected chi connectivity index (χ0v) is 14.2. The van der Waals surface area contributed by atoms with Crippen LogP contribution in [0.5, 0.6) is 0 Å². The van der Waals surface area contributed by atoms with Gasteiger partial charge in [-0.1, -0.05) is 12.1 Å². The maximum absolute atomic E-state index is 13.4. The van der Waals surface area contributed by atoms with Crippen molar-refractivity contribution in [1.29, 1.82) is 0 Å². The first kappa shape index (κ1) is 16.1. The SMILES string of the molecule is O=C(c1cc(F)cc(F)c1)N1CCCC(c2nc3ccccc3s2)C1. The van der Waals surface area contributed by atoms with Gasteiger partial charge in [-0.2, -0.15) is 0 Å². The van der Waals surface area contributed by atoms with Crippen LogP contribution in [0, 0.1) is 11.6 Å². The largest absolute Gasteiger partial charge is 0.338 e. The molecule has 3 nitrogen and oxygen atoms in total. The number of aromatic nitrogens is 1. The Morgan fingerprint density at radius 2 is 1.92 bits per heavy atom. The second-order valence-corrected chi connectivity index (χ2v) is 7.33. The standard InChI is InChI=1S/C19H16F2N2OS/c20-14-8-13(9-15(21)10-14)19(24)23-7-3-4-12(11-23)18-22-16-5-1-2-6-17(16)25-18/h1-2,5-6,8-10,12H,3-4,7,11H2. The van der Waals surface area contributed by atoms with Gasteiger partial charge in [0.1, 0.15) is 11.6 Å². The number of piperidine rings is 1. The van der Waals surface area contributed by atoms with E-state index in [1.807, 2.05) is 24.3 Å². The quantitative estimate of drug-likeness (QED) is 0.671. The lowest BCUT2D eigenvalue weighted by molar-refractivity contribution is 0.0706. The molecule has 0 N–H and O–H groups in total. The maximum atomic E-state index is 13.4. The Morgan fingerprint density at radius 3 is 2.68 bits per heavy atom. The highest BCUT2D eigenvalue weighted by atomic mass is 32.1. The van der Waals surface area contributed by atoms with E-state index < -0.39 is 11.6 Å². The highest BCUT2D eigenvalue weighted by molar-refractivity contribution is 7.18. The summed E-state index contributed by atoms with van der Waals surface area (Å²) in [6.07, 6.45) is 1.81. The van der Waals surface area contributed by atoms with E-state index in [1.54, 1.807) is 16.2 Å². The minimum absolute atomic E-state index is 0.0578. The summed E-state index contributed by atoms with van der Waals surface area (Å²) in [5.41, 5.74) is 1.03. The molecule has 0 spiro atoms. The van der Waals surface area contributed by atoms with E-state index in [2.05, 4.69) is 0 Å². The normalized spacial score (nSPS) is 17.8. The molecule has 0 aliphatic carbocycles. The number of thiazole rings is 1. The summed E-state index contributed by atoms with van der Waals surface area (Å²) in [4.78, 5) is 19.0. The van der Waals surface area contributed by atoms with Gasteiger partial charge in [-0.15, -0.1) is 11.3 Å². The van der Waals surface area contributed by atoms with Crippen molar-refractivity contribution < 1.29 is 13.6 Å². The monoisotopic (exact) mass is 358 g/mol. The number of benzene rings is 2. The molecular weight excluding hydrogens is 342 g/mol. The zero-order chi connectivity index (χ0) is 17.4. The van der Waals surface area contributed by atoms with E-state index in [4.69, 9.17) is 4.98 Å². The van der Waals surface area contributed by atoms with E-state index in [0.29, 0.717) is 13.1 Å². The van der Waals surface area contributed by atoms with Crippen LogP contribution in [0.4, 0.5) is 8.78 Å². The molecule has 1 saturated heterocycles. The minimum Gasteiger partial charge on any atom is -0.338 e. The number of hydrogen-bond donors (Lipinski definition) is 0. The van der Waals surface area contributed by atoms with Gasteiger partial charge in [0.05, 0.1) is 15.2 Å². The van der Waals surface area contributed by atoms with Crippen LogP contribution in [0.1, 0.15) is 34.1 Å². The van der Waals surface area contributed by atoms with Crippen LogP contribution in [0.3, 0.4) is 0 Å². The van der Waals surface area contributed by atoms with Crippen LogP contribution >= 0.6 is 11.3 Å². The van der Waals surface area contributed by atoms with E-state index in [9.17, 15) is 13.6 Å². The molecule has 0 bridgehead atoms. The Morgan fingerprint density at radius 1 is 1.16 bits per heavy atom. The molecule has 0 radical (unpaired) electrons. The third kappa shape index (κ3) is 3.26. The first-order valence-electron chi connectivity index (χ1n) is 8.21. The van der Waals surface area contributed by atoms with E-state index in [1.165, 1.54) is 0 Å². The molecule has 2 heterocycles. The van der Waals surface area contributed by atoms with Crippen LogP contribution in [0.2, 0.25) is 0 Å². The summed E-state index contributed by atoms with van der Waals surface area (Å²) >= 11 is 1.65. The predicted octanol–water partition coefficient (Wildman–Crippen LogP) is 4.59. The average Bonchev–Trinajstić information content (AvgIpc) is 3.04. The topological polar surface area (TPSA) is 33.2 Å². The molecule has 25 heavy (non-hydrogen) atoms. The second kappa shape index (κ2) is 6.52. The van der Waals surface area contributed by atoms with Crippen molar-refractivity contribution >= 4 is 27.5 Å². The highest BCUT2D eigenvalue weighted by Crippen LogP contribution is 2.33. The number of fused-ring (bicyclic) bond motifs is 1. The number of nitrogens with zero attached hydrogens (tertiary/aromatic N) is 2. The molecular formula is C19H16F2N2OS. The second-order valence-electron chi connectivity index (χ2n) is 6.27. The minimum atomic E-state index is -0.733. The fourth-order valence-corrected chi connectivity index (χ4v) is 4.38. The van der Waals surface area contributed by atoms with Crippen molar-refractivity contribution in [3.05, 3.63) is 64.7 Å². The number of halogens is 2. The first-order chi connectivity index (χ1) is 12.1. The predicted molar refractivity (Wildman–Crippen MR) is 93.9 cm³/mol. The Bertz CT molecular complexity index is 887. The molecule has 1 fully saturated rings. The molecule has 1 aliphatic rings. The Hall–Kier alpha value is -2.34. The van der Waals surface area contributed by atoms with Crippen molar-refractivity contribution in [1.82, 2.24) is 9.88 Å². The van der Waals surface area contributed by atoms with Crippen LogP contribution in [-0.4, -0.2) is 28.9 Å². The van der Waals surface area contributed by atoms with Crippen LogP contribution in [-0.2, 0) is 0 Å². The number of hydrogen-bond acceptors (Lipinski definition) is 3. The molecule has 1 atom stereocenters. The first-order valence-corrected chi connectivity index (χ1v) is 9.02. The molecule has 2 aromatic carbocycles. The van der Waals surface area contributed by atoms with Gasteiger partial charge in [0.2, 0.25) is 0 Å². The molecule has 0 saturated carbocycles. The molecule has 6 heteroatoms. The molecule has 128 valence electrons. The van der Waals surface area contributed by atoms with E-state index >= 15 is 0 Å². The van der Waals surface area contributed by atoms with Crippen LogP contribution in [0.15, 0.2) is 42.5 Å². The van der Waals surface area contributed by atoms with Gasteiger partial charge in [-0.05, 0) is 37.1 Å². The third-order valence-electron chi connectivity index (χ3n) is 4.48. The lowest BCUT2D eigenvalue weighted by atomic mass is 9.98. The zero-order valence-electron chi connectivity index (χ0n) is 13.4. The van der Waals surface area contributed by atoms with Crippen LogP contribution in [0.25, 0.3) is 10.2 Å². The van der Waals surface area contributed by atoms with Gasteiger partial charge in [0.15, 0.2) is 0 Å². The number of amides is 1. The number of likely N-dealkylation sites (tertiary alicyclic amines) is 1.